The van der Waals surface area contributed by atoms with Crippen molar-refractivity contribution in [2.24, 2.45) is 5.10 Å². The SMILES string of the molecule is C/C(CC(=O)NC1CCCCCCCCCCC1)=N\NC=O. The van der Waals surface area contributed by atoms with Crippen LogP contribution in [-0.2, 0) is 9.59 Å². The van der Waals surface area contributed by atoms with E-state index >= 15 is 0 Å². The lowest BCUT2D eigenvalue weighted by molar-refractivity contribution is -0.120. The van der Waals surface area contributed by atoms with Gasteiger partial charge in [-0.05, 0) is 19.8 Å². The molecule has 1 rings (SSSR count). The average Bonchev–Trinajstić information content (AvgIpc) is 2.48. The Morgan fingerprint density at radius 3 is 2.00 bits per heavy atom. The van der Waals surface area contributed by atoms with E-state index in [2.05, 4.69) is 15.8 Å². The van der Waals surface area contributed by atoms with E-state index in [1.54, 1.807) is 6.92 Å². The smallest absolute Gasteiger partial charge is 0.227 e. The number of rotatable bonds is 5. The van der Waals surface area contributed by atoms with Gasteiger partial charge in [-0.2, -0.15) is 5.10 Å². The van der Waals surface area contributed by atoms with Gasteiger partial charge in [0.25, 0.3) is 0 Å². The lowest BCUT2D eigenvalue weighted by atomic mass is 9.98. The van der Waals surface area contributed by atoms with Gasteiger partial charge in [-0.15, -0.1) is 0 Å². The highest BCUT2D eigenvalue weighted by molar-refractivity contribution is 5.99. The molecule has 0 aliphatic heterocycles. The molecule has 5 heteroatoms. The topological polar surface area (TPSA) is 70.6 Å². The van der Waals surface area contributed by atoms with Crippen LogP contribution in [0.25, 0.3) is 0 Å². The van der Waals surface area contributed by atoms with Crippen molar-refractivity contribution in [2.45, 2.75) is 90.0 Å². The van der Waals surface area contributed by atoms with E-state index in [-0.39, 0.29) is 12.3 Å². The lowest BCUT2D eigenvalue weighted by Gasteiger charge is -2.19. The first-order valence-electron chi connectivity index (χ1n) is 8.74. The second-order valence-electron chi connectivity index (χ2n) is 6.29. The van der Waals surface area contributed by atoms with Gasteiger partial charge < -0.3 is 5.32 Å². The fraction of sp³-hybridized carbons (Fsp3) is 0.824. The maximum absolute atomic E-state index is 12.1. The normalized spacial score (nSPS) is 19.6. The van der Waals surface area contributed by atoms with Crippen molar-refractivity contribution in [3.05, 3.63) is 0 Å². The number of hydrazone groups is 1. The van der Waals surface area contributed by atoms with Crippen LogP contribution in [0.4, 0.5) is 0 Å². The van der Waals surface area contributed by atoms with Gasteiger partial charge in [0.1, 0.15) is 0 Å². The van der Waals surface area contributed by atoms with E-state index in [1.807, 2.05) is 0 Å². The minimum absolute atomic E-state index is 0.00560. The molecule has 2 N–H and O–H groups in total. The van der Waals surface area contributed by atoms with Crippen molar-refractivity contribution < 1.29 is 9.59 Å². The maximum atomic E-state index is 12.1. The molecule has 0 aromatic rings. The average molecular weight is 309 g/mol. The molecule has 2 amide bonds. The van der Waals surface area contributed by atoms with Crippen molar-refractivity contribution in [3.63, 3.8) is 0 Å². The summed E-state index contributed by atoms with van der Waals surface area (Å²) in [6.45, 7) is 1.75. The Hall–Kier alpha value is -1.39. The predicted octanol–water partition coefficient (Wildman–Crippen LogP) is 3.29. The van der Waals surface area contributed by atoms with E-state index in [4.69, 9.17) is 0 Å². The second-order valence-corrected chi connectivity index (χ2v) is 6.29. The zero-order valence-electron chi connectivity index (χ0n) is 13.9. The Kier molecular flexibility index (Phi) is 10.3. The molecule has 0 aromatic carbocycles. The second kappa shape index (κ2) is 12.2. The van der Waals surface area contributed by atoms with Crippen molar-refractivity contribution in [1.82, 2.24) is 10.7 Å². The Morgan fingerprint density at radius 2 is 1.50 bits per heavy atom. The molecule has 1 aliphatic carbocycles. The van der Waals surface area contributed by atoms with Crippen LogP contribution < -0.4 is 10.7 Å². The molecule has 0 spiro atoms. The molecule has 0 aromatic heterocycles. The third-order valence-electron chi connectivity index (χ3n) is 4.19. The lowest BCUT2D eigenvalue weighted by Crippen LogP contribution is -2.35. The van der Waals surface area contributed by atoms with Crippen LogP contribution >= 0.6 is 0 Å². The number of carbonyl (C=O) groups is 2. The van der Waals surface area contributed by atoms with Crippen LogP contribution in [-0.4, -0.2) is 24.1 Å². The summed E-state index contributed by atoms with van der Waals surface area (Å²) < 4.78 is 0. The summed E-state index contributed by atoms with van der Waals surface area (Å²) in [5.41, 5.74) is 2.85. The summed E-state index contributed by atoms with van der Waals surface area (Å²) in [4.78, 5) is 22.2. The number of hydrogen-bond donors (Lipinski definition) is 2. The number of amides is 2. The van der Waals surface area contributed by atoms with Gasteiger partial charge in [0.2, 0.25) is 12.3 Å². The molecule has 0 atom stereocenters. The van der Waals surface area contributed by atoms with E-state index in [0.29, 0.717) is 18.2 Å². The van der Waals surface area contributed by atoms with Crippen LogP contribution in [0.15, 0.2) is 5.10 Å². The highest BCUT2D eigenvalue weighted by atomic mass is 16.1. The Morgan fingerprint density at radius 1 is 1.00 bits per heavy atom. The van der Waals surface area contributed by atoms with E-state index < -0.39 is 0 Å². The third-order valence-corrected chi connectivity index (χ3v) is 4.19. The number of nitrogens with one attached hydrogen (secondary N) is 2. The predicted molar refractivity (Wildman–Crippen MR) is 89.6 cm³/mol. The van der Waals surface area contributed by atoms with E-state index in [1.165, 1.54) is 57.8 Å². The Balaban J connectivity index is 2.37. The molecule has 1 saturated carbocycles. The van der Waals surface area contributed by atoms with Gasteiger partial charge in [-0.1, -0.05) is 57.8 Å². The fourth-order valence-corrected chi connectivity index (χ4v) is 2.99. The number of hydrogen-bond acceptors (Lipinski definition) is 3. The molecular formula is C17H31N3O2. The first-order chi connectivity index (χ1) is 10.7. The van der Waals surface area contributed by atoms with Gasteiger partial charge in [0.15, 0.2) is 0 Å². The number of nitrogens with zero attached hydrogens (tertiary/aromatic N) is 1. The molecule has 5 nitrogen and oxygen atoms in total. The molecule has 0 radical (unpaired) electrons. The van der Waals surface area contributed by atoms with Gasteiger partial charge in [0, 0.05) is 11.8 Å². The monoisotopic (exact) mass is 309 g/mol. The van der Waals surface area contributed by atoms with E-state index in [0.717, 1.165) is 12.8 Å². The van der Waals surface area contributed by atoms with Gasteiger partial charge in [-0.3, -0.25) is 9.59 Å². The first-order valence-corrected chi connectivity index (χ1v) is 8.74. The largest absolute Gasteiger partial charge is 0.353 e. The van der Waals surface area contributed by atoms with Crippen molar-refractivity contribution in [3.8, 4) is 0 Å². The summed E-state index contributed by atoms with van der Waals surface area (Å²) in [5.74, 6) is 0.00560. The molecule has 0 bridgehead atoms. The minimum atomic E-state index is 0.00560. The zero-order chi connectivity index (χ0) is 16.0. The van der Waals surface area contributed by atoms with Gasteiger partial charge >= 0.3 is 0 Å². The fourth-order valence-electron chi connectivity index (χ4n) is 2.99. The van der Waals surface area contributed by atoms with Crippen molar-refractivity contribution >= 4 is 18.0 Å². The summed E-state index contributed by atoms with van der Waals surface area (Å²) in [6, 6.07) is 0.291. The minimum Gasteiger partial charge on any atom is -0.353 e. The van der Waals surface area contributed by atoms with Crippen LogP contribution in [0.2, 0.25) is 0 Å². The summed E-state index contributed by atoms with van der Waals surface area (Å²) >= 11 is 0. The quantitative estimate of drug-likeness (QED) is 0.465. The molecule has 22 heavy (non-hydrogen) atoms. The Labute approximate surface area is 134 Å². The summed E-state index contributed by atoms with van der Waals surface area (Å²) in [6.07, 6.45) is 14.6. The third kappa shape index (κ3) is 9.53. The first kappa shape index (κ1) is 18.7. The van der Waals surface area contributed by atoms with Crippen LogP contribution in [0.5, 0.6) is 0 Å². The summed E-state index contributed by atoms with van der Waals surface area (Å²) in [7, 11) is 0. The zero-order valence-corrected chi connectivity index (χ0v) is 13.9. The van der Waals surface area contributed by atoms with Crippen LogP contribution in [0.1, 0.15) is 84.0 Å². The molecule has 1 aliphatic rings. The highest BCUT2D eigenvalue weighted by Crippen LogP contribution is 2.17. The van der Waals surface area contributed by atoms with E-state index in [9.17, 15) is 9.59 Å². The molecule has 126 valence electrons. The van der Waals surface area contributed by atoms with Crippen molar-refractivity contribution in [1.29, 1.82) is 0 Å². The summed E-state index contributed by atoms with van der Waals surface area (Å²) in [5, 5.41) is 6.94. The molecule has 0 heterocycles. The standard InChI is InChI=1S/C17H31N3O2/c1-15(20-18-14-21)13-17(22)19-16-11-9-7-5-3-2-4-6-8-10-12-16/h14,16H,2-13H2,1H3,(H,18,21)(H,19,22)/b20-15+. The molecule has 0 saturated heterocycles. The van der Waals surface area contributed by atoms with Gasteiger partial charge in [0.05, 0.1) is 6.42 Å². The molecule has 0 unspecified atom stereocenters. The number of carbonyl (C=O) groups excluding carboxylic acids is 2. The molecule has 1 fully saturated rings. The van der Waals surface area contributed by atoms with Gasteiger partial charge in [-0.25, -0.2) is 5.43 Å². The Bertz CT molecular complexity index is 344. The molecular weight excluding hydrogens is 278 g/mol. The van der Waals surface area contributed by atoms with Crippen LogP contribution in [0, 0.1) is 0 Å². The highest BCUT2D eigenvalue weighted by Gasteiger charge is 2.13. The maximum Gasteiger partial charge on any atom is 0.227 e. The van der Waals surface area contributed by atoms with Crippen molar-refractivity contribution in [2.75, 3.05) is 0 Å². The van der Waals surface area contributed by atoms with Crippen LogP contribution in [0.3, 0.4) is 0 Å².